The van der Waals surface area contributed by atoms with Crippen LogP contribution < -0.4 is 10.6 Å². The lowest BCUT2D eigenvalue weighted by molar-refractivity contribution is -0.0580. The number of nitrogens with one attached hydrogen (secondary N) is 2. The Kier molecular flexibility index (Phi) is 4.68. The second-order valence-electron chi connectivity index (χ2n) is 6.27. The molecule has 0 aromatic rings. The number of piperidine rings is 1. The van der Waals surface area contributed by atoms with Gasteiger partial charge in [0, 0.05) is 31.7 Å². The van der Waals surface area contributed by atoms with Crippen molar-refractivity contribution in [3.8, 4) is 0 Å². The highest BCUT2D eigenvalue weighted by Gasteiger charge is 2.29. The second-order valence-corrected chi connectivity index (χ2v) is 6.27. The number of hydrogen-bond acceptors (Lipinski definition) is 3. The normalized spacial score (nSPS) is 22.2. The lowest BCUT2D eigenvalue weighted by atomic mass is 10.0. The van der Waals surface area contributed by atoms with Crippen LogP contribution >= 0.6 is 0 Å². The highest BCUT2D eigenvalue weighted by Crippen LogP contribution is 2.17. The van der Waals surface area contributed by atoms with Gasteiger partial charge >= 0.3 is 6.03 Å². The fourth-order valence-electron chi connectivity index (χ4n) is 2.28. The summed E-state index contributed by atoms with van der Waals surface area (Å²) >= 11 is 0. The molecule has 19 heavy (non-hydrogen) atoms. The van der Waals surface area contributed by atoms with Crippen LogP contribution in [0.4, 0.5) is 4.79 Å². The topological polar surface area (TPSA) is 53.6 Å². The minimum Gasteiger partial charge on any atom is -0.372 e. The summed E-state index contributed by atoms with van der Waals surface area (Å²) in [5.41, 5.74) is -0.123. The van der Waals surface area contributed by atoms with Gasteiger partial charge in [-0.15, -0.1) is 0 Å². The van der Waals surface area contributed by atoms with Gasteiger partial charge in [0.25, 0.3) is 0 Å². The van der Waals surface area contributed by atoms with E-state index >= 15 is 0 Å². The number of likely N-dealkylation sites (tertiary alicyclic amines) is 1. The van der Waals surface area contributed by atoms with Crippen molar-refractivity contribution in [2.24, 2.45) is 0 Å². The monoisotopic (exact) mass is 269 g/mol. The third-order valence-corrected chi connectivity index (χ3v) is 4.19. The lowest BCUT2D eigenvalue weighted by Crippen LogP contribution is -2.54. The molecule has 2 aliphatic rings. The molecule has 0 aromatic carbocycles. The molecule has 5 nitrogen and oxygen atoms in total. The van der Waals surface area contributed by atoms with Gasteiger partial charge in [-0.25, -0.2) is 4.79 Å². The smallest absolute Gasteiger partial charge is 0.317 e. The first-order chi connectivity index (χ1) is 9.00. The summed E-state index contributed by atoms with van der Waals surface area (Å²) in [6.07, 6.45) is 3.57. The van der Waals surface area contributed by atoms with Crippen molar-refractivity contribution in [1.29, 1.82) is 0 Å². The highest BCUT2D eigenvalue weighted by atomic mass is 16.5. The number of rotatable bonds is 4. The largest absolute Gasteiger partial charge is 0.372 e. The summed E-state index contributed by atoms with van der Waals surface area (Å²) in [7, 11) is 0. The molecule has 5 heteroatoms. The number of carbonyl (C=O) groups excluding carboxylic acids is 1. The third-order valence-electron chi connectivity index (χ3n) is 4.19. The molecular formula is C14H27N3O2. The quantitative estimate of drug-likeness (QED) is 0.810. The zero-order chi connectivity index (χ0) is 13.9. The van der Waals surface area contributed by atoms with Crippen LogP contribution in [0.1, 0.15) is 40.0 Å². The number of hydrogen-bond donors (Lipinski definition) is 2. The molecule has 2 heterocycles. The Morgan fingerprint density at radius 2 is 1.95 bits per heavy atom. The Morgan fingerprint density at radius 1 is 1.32 bits per heavy atom. The van der Waals surface area contributed by atoms with E-state index in [9.17, 15) is 4.79 Å². The molecule has 2 N–H and O–H groups in total. The summed E-state index contributed by atoms with van der Waals surface area (Å²) in [5, 5.41) is 6.30. The Hall–Kier alpha value is -0.810. The van der Waals surface area contributed by atoms with Crippen molar-refractivity contribution in [2.75, 3.05) is 26.2 Å². The third kappa shape index (κ3) is 4.08. The first-order valence-corrected chi connectivity index (χ1v) is 7.43. The number of carbonyl (C=O) groups is 1. The minimum absolute atomic E-state index is 0.0654. The number of urea groups is 1. The molecule has 0 bridgehead atoms. The van der Waals surface area contributed by atoms with Gasteiger partial charge in [-0.1, -0.05) is 6.92 Å². The number of nitrogens with zero attached hydrogens (tertiary/aromatic N) is 1. The molecule has 2 aliphatic heterocycles. The van der Waals surface area contributed by atoms with Crippen LogP contribution in [0.5, 0.6) is 0 Å². The van der Waals surface area contributed by atoms with Crippen LogP contribution in [-0.2, 0) is 4.74 Å². The first kappa shape index (κ1) is 14.6. The first-order valence-electron chi connectivity index (χ1n) is 7.43. The number of ether oxygens (including phenoxy) is 1. The SMILES string of the molecule is CCC(C)(C)NC(=O)N1CCC(OC2CNC2)CC1. The van der Waals surface area contributed by atoms with E-state index in [0.717, 1.165) is 45.4 Å². The second kappa shape index (κ2) is 6.09. The Bertz CT molecular complexity index is 308. The molecule has 0 atom stereocenters. The summed E-state index contributed by atoms with van der Waals surface area (Å²) in [6.45, 7) is 9.77. The molecule has 110 valence electrons. The van der Waals surface area contributed by atoms with Gasteiger partial charge in [-0.05, 0) is 33.1 Å². The predicted molar refractivity (Wildman–Crippen MR) is 75.2 cm³/mol. The van der Waals surface area contributed by atoms with Crippen LogP contribution in [0, 0.1) is 0 Å². The van der Waals surface area contributed by atoms with Crippen molar-refractivity contribution in [3.05, 3.63) is 0 Å². The molecular weight excluding hydrogens is 242 g/mol. The van der Waals surface area contributed by atoms with E-state index in [0.29, 0.717) is 12.2 Å². The van der Waals surface area contributed by atoms with Gasteiger partial charge < -0.3 is 20.3 Å². The zero-order valence-corrected chi connectivity index (χ0v) is 12.4. The summed E-state index contributed by atoms with van der Waals surface area (Å²) in [4.78, 5) is 14.0. The molecule has 0 radical (unpaired) electrons. The molecule has 0 aliphatic carbocycles. The van der Waals surface area contributed by atoms with Gasteiger partial charge in [0.1, 0.15) is 0 Å². The molecule has 0 saturated carbocycles. The zero-order valence-electron chi connectivity index (χ0n) is 12.4. The van der Waals surface area contributed by atoms with Gasteiger partial charge in [0.2, 0.25) is 0 Å². The predicted octanol–water partition coefficient (Wildman–Crippen LogP) is 1.34. The van der Waals surface area contributed by atoms with E-state index in [-0.39, 0.29) is 11.6 Å². The van der Waals surface area contributed by atoms with Gasteiger partial charge in [0.15, 0.2) is 0 Å². The lowest BCUT2D eigenvalue weighted by Gasteiger charge is -2.38. The summed E-state index contributed by atoms with van der Waals surface area (Å²) in [5.74, 6) is 0. The van der Waals surface area contributed by atoms with Crippen molar-refractivity contribution in [3.63, 3.8) is 0 Å². The molecule has 0 aromatic heterocycles. The van der Waals surface area contributed by atoms with E-state index in [4.69, 9.17) is 4.74 Å². The fourth-order valence-corrected chi connectivity index (χ4v) is 2.28. The average Bonchev–Trinajstić information content (AvgIpc) is 2.34. The Labute approximate surface area is 116 Å². The standard InChI is InChI=1S/C14H27N3O2/c1-4-14(2,3)16-13(18)17-7-5-11(6-8-17)19-12-9-15-10-12/h11-12,15H,4-10H2,1-3H3,(H,16,18). The molecule has 0 spiro atoms. The van der Waals surface area contributed by atoms with Crippen LogP contribution in [0.25, 0.3) is 0 Å². The summed E-state index contributed by atoms with van der Waals surface area (Å²) < 4.78 is 5.96. The van der Waals surface area contributed by atoms with Crippen molar-refractivity contribution in [2.45, 2.75) is 57.8 Å². The van der Waals surface area contributed by atoms with Crippen LogP contribution in [-0.4, -0.2) is 54.9 Å². The maximum absolute atomic E-state index is 12.1. The molecule has 0 unspecified atom stereocenters. The van der Waals surface area contributed by atoms with Gasteiger partial charge in [-0.2, -0.15) is 0 Å². The van der Waals surface area contributed by atoms with Crippen molar-refractivity contribution < 1.29 is 9.53 Å². The van der Waals surface area contributed by atoms with Gasteiger partial charge in [0.05, 0.1) is 12.2 Å². The van der Waals surface area contributed by atoms with E-state index in [1.807, 2.05) is 4.90 Å². The molecule has 2 saturated heterocycles. The molecule has 2 amide bonds. The van der Waals surface area contributed by atoms with Crippen LogP contribution in [0.15, 0.2) is 0 Å². The van der Waals surface area contributed by atoms with Crippen LogP contribution in [0.2, 0.25) is 0 Å². The van der Waals surface area contributed by atoms with E-state index in [1.165, 1.54) is 0 Å². The van der Waals surface area contributed by atoms with E-state index < -0.39 is 0 Å². The van der Waals surface area contributed by atoms with E-state index in [1.54, 1.807) is 0 Å². The van der Waals surface area contributed by atoms with E-state index in [2.05, 4.69) is 31.4 Å². The number of amides is 2. The average molecular weight is 269 g/mol. The maximum Gasteiger partial charge on any atom is 0.317 e. The minimum atomic E-state index is -0.123. The van der Waals surface area contributed by atoms with Crippen molar-refractivity contribution >= 4 is 6.03 Å². The Balaban J connectivity index is 1.71. The van der Waals surface area contributed by atoms with Crippen LogP contribution in [0.3, 0.4) is 0 Å². The molecule has 2 fully saturated rings. The summed E-state index contributed by atoms with van der Waals surface area (Å²) in [6, 6.07) is 0.0654. The molecule has 2 rings (SSSR count). The fraction of sp³-hybridized carbons (Fsp3) is 0.929. The van der Waals surface area contributed by atoms with Gasteiger partial charge in [-0.3, -0.25) is 0 Å². The Morgan fingerprint density at radius 3 is 2.42 bits per heavy atom. The highest BCUT2D eigenvalue weighted by molar-refractivity contribution is 5.75. The maximum atomic E-state index is 12.1. The van der Waals surface area contributed by atoms with Crippen molar-refractivity contribution in [1.82, 2.24) is 15.5 Å².